The molecule has 1 aromatic carbocycles. The van der Waals surface area contributed by atoms with E-state index in [0.717, 1.165) is 18.8 Å². The van der Waals surface area contributed by atoms with Crippen molar-refractivity contribution in [1.29, 1.82) is 0 Å². The zero-order chi connectivity index (χ0) is 23.3. The van der Waals surface area contributed by atoms with Gasteiger partial charge in [-0.25, -0.2) is 19.2 Å². The molecule has 172 valence electrons. The van der Waals surface area contributed by atoms with Gasteiger partial charge in [-0.3, -0.25) is 5.32 Å². The maximum absolute atomic E-state index is 15.0. The quantitative estimate of drug-likeness (QED) is 0.480. The van der Waals surface area contributed by atoms with E-state index in [0.29, 0.717) is 30.2 Å². The van der Waals surface area contributed by atoms with Gasteiger partial charge in [-0.2, -0.15) is 0 Å². The Bertz CT molecular complexity index is 967. The van der Waals surface area contributed by atoms with Crippen LogP contribution in [0, 0.1) is 5.82 Å². The molecule has 0 saturated carbocycles. The van der Waals surface area contributed by atoms with Crippen LogP contribution in [-0.2, 0) is 6.54 Å². The lowest BCUT2D eigenvalue weighted by Crippen LogP contribution is -2.47. The highest BCUT2D eigenvalue weighted by Gasteiger charge is 2.21. The first-order valence-corrected chi connectivity index (χ1v) is 10.3. The molecular formula is C22H29FN6O3. The van der Waals surface area contributed by atoms with E-state index < -0.39 is 6.09 Å². The van der Waals surface area contributed by atoms with Crippen LogP contribution in [0.1, 0.15) is 26.3 Å². The first-order valence-electron chi connectivity index (χ1n) is 10.3. The number of carboxylic acid groups (broad SMARTS) is 1. The van der Waals surface area contributed by atoms with Crippen LogP contribution >= 0.6 is 0 Å². The fourth-order valence-corrected chi connectivity index (χ4v) is 3.39. The first kappa shape index (κ1) is 23.1. The summed E-state index contributed by atoms with van der Waals surface area (Å²) in [6.45, 7) is 8.61. The summed E-state index contributed by atoms with van der Waals surface area (Å²) >= 11 is 0. The van der Waals surface area contributed by atoms with Crippen molar-refractivity contribution in [3.05, 3.63) is 47.9 Å². The molecule has 0 bridgehead atoms. The third-order valence-electron chi connectivity index (χ3n) is 4.83. The van der Waals surface area contributed by atoms with E-state index >= 15 is 4.39 Å². The average Bonchev–Trinajstić information content (AvgIpc) is 2.72. The van der Waals surface area contributed by atoms with Crippen molar-refractivity contribution < 1.29 is 19.0 Å². The number of ether oxygens (including phenoxy) is 1. The van der Waals surface area contributed by atoms with E-state index in [2.05, 4.69) is 14.9 Å². The molecular weight excluding hydrogens is 415 g/mol. The SMILES string of the molecule is CC(C)(C)Oc1ccc(N2CCN(c3cccc(CN=C(N)NC(=O)O)c3F)CC2)cn1. The number of nitrogens with one attached hydrogen (secondary N) is 1. The summed E-state index contributed by atoms with van der Waals surface area (Å²) in [4.78, 5) is 23.0. The van der Waals surface area contributed by atoms with Crippen LogP contribution in [0.4, 0.5) is 20.6 Å². The number of benzene rings is 1. The minimum Gasteiger partial charge on any atom is -0.472 e. The van der Waals surface area contributed by atoms with E-state index in [1.807, 2.05) is 43.1 Å². The minimum absolute atomic E-state index is 0.0552. The van der Waals surface area contributed by atoms with Crippen molar-refractivity contribution in [3.8, 4) is 5.88 Å². The Morgan fingerprint density at radius 1 is 1.22 bits per heavy atom. The molecule has 0 aliphatic carbocycles. The second-order valence-electron chi connectivity index (χ2n) is 8.43. The molecule has 2 aromatic rings. The normalized spacial score (nSPS) is 14.9. The van der Waals surface area contributed by atoms with Crippen LogP contribution in [0.25, 0.3) is 0 Å². The molecule has 0 unspecified atom stereocenters. The third-order valence-corrected chi connectivity index (χ3v) is 4.83. The van der Waals surface area contributed by atoms with Gasteiger partial charge in [0.25, 0.3) is 0 Å². The summed E-state index contributed by atoms with van der Waals surface area (Å²) in [5, 5.41) is 10.6. The number of rotatable bonds is 5. The fraction of sp³-hybridized carbons (Fsp3) is 0.409. The van der Waals surface area contributed by atoms with Gasteiger partial charge in [0, 0.05) is 37.8 Å². The van der Waals surface area contributed by atoms with Crippen LogP contribution in [0.2, 0.25) is 0 Å². The molecule has 1 saturated heterocycles. The molecule has 1 aliphatic rings. The highest BCUT2D eigenvalue weighted by Crippen LogP contribution is 2.26. The molecule has 3 rings (SSSR count). The zero-order valence-electron chi connectivity index (χ0n) is 18.5. The Kier molecular flexibility index (Phi) is 7.01. The standard InChI is InChI=1S/C22H29FN6O3/c1-22(2,3)32-18-8-7-16(14-25-18)28-9-11-29(12-10-28)17-6-4-5-15(19(17)23)13-26-20(24)27-21(30)31/h4-8,14H,9-13H2,1-3H3,(H,30,31)(H3,24,26,27). The van der Waals surface area contributed by atoms with Gasteiger partial charge in [0.15, 0.2) is 11.8 Å². The third kappa shape index (κ3) is 6.22. The maximum atomic E-state index is 15.0. The summed E-state index contributed by atoms with van der Waals surface area (Å²) in [6.07, 6.45) is 0.482. The summed E-state index contributed by atoms with van der Waals surface area (Å²) < 4.78 is 20.8. The number of nitrogens with zero attached hydrogens (tertiary/aromatic N) is 4. The van der Waals surface area contributed by atoms with Crippen LogP contribution < -0.4 is 25.6 Å². The van der Waals surface area contributed by atoms with E-state index in [4.69, 9.17) is 15.6 Å². The van der Waals surface area contributed by atoms with Gasteiger partial charge in [-0.15, -0.1) is 0 Å². The number of amides is 1. The number of pyridine rings is 1. The van der Waals surface area contributed by atoms with E-state index in [1.54, 1.807) is 24.4 Å². The van der Waals surface area contributed by atoms with Crippen LogP contribution in [0.3, 0.4) is 0 Å². The smallest absolute Gasteiger partial charge is 0.411 e. The number of anilines is 2. The lowest BCUT2D eigenvalue weighted by Gasteiger charge is -2.37. The largest absolute Gasteiger partial charge is 0.472 e. The summed E-state index contributed by atoms with van der Waals surface area (Å²) in [6, 6.07) is 8.95. The average molecular weight is 445 g/mol. The fourth-order valence-electron chi connectivity index (χ4n) is 3.39. The number of halogens is 1. The summed E-state index contributed by atoms with van der Waals surface area (Å²) in [5.41, 5.74) is 7.00. The number of aromatic nitrogens is 1. The highest BCUT2D eigenvalue weighted by molar-refractivity contribution is 5.91. The number of hydrogen-bond donors (Lipinski definition) is 3. The van der Waals surface area contributed by atoms with Gasteiger partial charge in [0.1, 0.15) is 5.60 Å². The number of nitrogens with two attached hydrogens (primary N) is 1. The lowest BCUT2D eigenvalue weighted by atomic mass is 10.1. The molecule has 1 amide bonds. The van der Waals surface area contributed by atoms with Crippen molar-refractivity contribution >= 4 is 23.4 Å². The second-order valence-corrected chi connectivity index (χ2v) is 8.43. The van der Waals surface area contributed by atoms with Crippen LogP contribution in [-0.4, -0.2) is 53.9 Å². The van der Waals surface area contributed by atoms with E-state index in [-0.39, 0.29) is 23.9 Å². The number of guanidine groups is 1. The van der Waals surface area contributed by atoms with Crippen LogP contribution in [0.15, 0.2) is 41.5 Å². The monoisotopic (exact) mass is 444 g/mol. The Balaban J connectivity index is 1.62. The Hall–Kier alpha value is -3.56. The van der Waals surface area contributed by atoms with Crippen molar-refractivity contribution in [2.24, 2.45) is 10.7 Å². The highest BCUT2D eigenvalue weighted by atomic mass is 19.1. The number of aliphatic imine (C=N–C) groups is 1. The summed E-state index contributed by atoms with van der Waals surface area (Å²) in [5.74, 6) is -0.0674. The van der Waals surface area contributed by atoms with Crippen molar-refractivity contribution in [3.63, 3.8) is 0 Å². The topological polar surface area (TPSA) is 116 Å². The molecule has 1 aliphatic heterocycles. The predicted octanol–water partition coefficient (Wildman–Crippen LogP) is 2.81. The molecule has 1 aromatic heterocycles. The van der Waals surface area contributed by atoms with Crippen molar-refractivity contribution in [2.75, 3.05) is 36.0 Å². The first-order chi connectivity index (χ1) is 15.1. The minimum atomic E-state index is -1.31. The molecule has 4 N–H and O–H groups in total. The van der Waals surface area contributed by atoms with Gasteiger partial charge >= 0.3 is 6.09 Å². The number of piperazine rings is 1. The van der Waals surface area contributed by atoms with Gasteiger partial charge < -0.3 is 25.4 Å². The molecule has 0 radical (unpaired) electrons. The molecule has 0 spiro atoms. The van der Waals surface area contributed by atoms with Crippen LogP contribution in [0.5, 0.6) is 5.88 Å². The number of carbonyl (C=O) groups is 1. The van der Waals surface area contributed by atoms with E-state index in [1.165, 1.54) is 0 Å². The zero-order valence-corrected chi connectivity index (χ0v) is 18.5. The predicted molar refractivity (Wildman–Crippen MR) is 122 cm³/mol. The van der Waals surface area contributed by atoms with Gasteiger partial charge in [0.05, 0.1) is 24.1 Å². The van der Waals surface area contributed by atoms with Gasteiger partial charge in [-0.1, -0.05) is 12.1 Å². The Morgan fingerprint density at radius 2 is 1.91 bits per heavy atom. The molecule has 0 atom stereocenters. The van der Waals surface area contributed by atoms with Crippen molar-refractivity contribution in [2.45, 2.75) is 32.9 Å². The summed E-state index contributed by atoms with van der Waals surface area (Å²) in [7, 11) is 0. The van der Waals surface area contributed by atoms with Gasteiger partial charge in [-0.05, 0) is 32.9 Å². The maximum Gasteiger partial charge on any atom is 0.411 e. The second kappa shape index (κ2) is 9.71. The molecule has 9 nitrogen and oxygen atoms in total. The van der Waals surface area contributed by atoms with Gasteiger partial charge in [0.2, 0.25) is 5.88 Å². The van der Waals surface area contributed by atoms with Crippen molar-refractivity contribution in [1.82, 2.24) is 10.3 Å². The molecule has 2 heterocycles. The number of hydrogen-bond acceptors (Lipinski definition) is 6. The van der Waals surface area contributed by atoms with E-state index in [9.17, 15) is 4.79 Å². The Labute approximate surface area is 186 Å². The molecule has 10 heteroatoms. The molecule has 32 heavy (non-hydrogen) atoms. The lowest BCUT2D eigenvalue weighted by molar-refractivity contribution is 0.124. The molecule has 1 fully saturated rings. The Morgan fingerprint density at radius 3 is 2.50 bits per heavy atom.